The molecule has 0 saturated carbocycles. The highest BCUT2D eigenvalue weighted by Crippen LogP contribution is 2.30. The van der Waals surface area contributed by atoms with Crippen molar-refractivity contribution in [1.82, 2.24) is 14.4 Å². The molecule has 6 rings (SSSR count). The number of carbonyl (C=O) groups excluding carboxylic acids is 1. The Hall–Kier alpha value is -5.17. The Kier molecular flexibility index (Phi) is 6.86. The molecule has 1 N–H and O–H groups in total. The summed E-state index contributed by atoms with van der Waals surface area (Å²) in [5.74, 6) is 1.44. The van der Waals surface area contributed by atoms with Crippen LogP contribution in [0.3, 0.4) is 0 Å². The molecule has 0 fully saturated rings. The summed E-state index contributed by atoms with van der Waals surface area (Å²) in [6.45, 7) is 0.331. The first-order valence-electron chi connectivity index (χ1n) is 12.7. The van der Waals surface area contributed by atoms with Crippen LogP contribution in [0.4, 0.5) is 5.69 Å². The van der Waals surface area contributed by atoms with E-state index in [9.17, 15) is 4.79 Å². The van der Waals surface area contributed by atoms with Crippen molar-refractivity contribution in [2.75, 3.05) is 5.32 Å². The Morgan fingerprint density at radius 2 is 1.56 bits per heavy atom. The molecule has 7 heteroatoms. The van der Waals surface area contributed by atoms with Crippen LogP contribution in [0.1, 0.15) is 28.3 Å². The van der Waals surface area contributed by atoms with E-state index in [0.717, 1.165) is 50.9 Å². The van der Waals surface area contributed by atoms with Crippen molar-refractivity contribution >= 4 is 17.7 Å². The van der Waals surface area contributed by atoms with Crippen molar-refractivity contribution in [2.24, 2.45) is 0 Å². The molecule has 0 bridgehead atoms. The quantitative estimate of drug-likeness (QED) is 0.216. The van der Waals surface area contributed by atoms with E-state index in [4.69, 9.17) is 19.1 Å². The number of fused-ring (bicyclic) bond motifs is 1. The van der Waals surface area contributed by atoms with E-state index in [0.29, 0.717) is 31.7 Å². The van der Waals surface area contributed by atoms with E-state index in [1.54, 1.807) is 6.26 Å². The first-order valence-corrected chi connectivity index (χ1v) is 12.7. The van der Waals surface area contributed by atoms with Crippen LogP contribution in [0.5, 0.6) is 5.88 Å². The van der Waals surface area contributed by atoms with Gasteiger partial charge in [0.2, 0.25) is 12.3 Å². The van der Waals surface area contributed by atoms with Crippen molar-refractivity contribution in [2.45, 2.75) is 19.4 Å². The first kappa shape index (κ1) is 24.2. The van der Waals surface area contributed by atoms with E-state index in [1.807, 2.05) is 83.4 Å². The van der Waals surface area contributed by atoms with Gasteiger partial charge in [-0.05, 0) is 35.4 Å². The Bertz CT molecular complexity index is 1680. The molecule has 0 spiro atoms. The number of imidazole rings is 1. The topological polar surface area (TPSA) is 81.7 Å². The van der Waals surface area contributed by atoms with Gasteiger partial charge in [-0.25, -0.2) is 9.97 Å². The zero-order valence-corrected chi connectivity index (χ0v) is 21.2. The van der Waals surface area contributed by atoms with E-state index < -0.39 is 0 Å². The molecule has 0 unspecified atom stereocenters. The largest absolute Gasteiger partial charge is 0.472 e. The number of furan rings is 1. The lowest BCUT2D eigenvalue weighted by Gasteiger charge is -2.11. The molecule has 0 aliphatic rings. The van der Waals surface area contributed by atoms with E-state index in [-0.39, 0.29) is 0 Å². The summed E-state index contributed by atoms with van der Waals surface area (Å²) in [4.78, 5) is 20.8. The molecule has 39 heavy (non-hydrogen) atoms. The average Bonchev–Trinajstić information content (AvgIpc) is 3.62. The molecule has 3 aromatic carbocycles. The first-order chi connectivity index (χ1) is 19.3. The lowest BCUT2D eigenvalue weighted by atomic mass is 10.1. The zero-order chi connectivity index (χ0) is 26.4. The third-order valence-corrected chi connectivity index (χ3v) is 6.46. The Morgan fingerprint density at radius 1 is 0.795 bits per heavy atom. The summed E-state index contributed by atoms with van der Waals surface area (Å²) in [7, 11) is 0. The molecule has 6 aromatic rings. The van der Waals surface area contributed by atoms with Crippen molar-refractivity contribution in [1.29, 1.82) is 0 Å². The molecular weight excluding hydrogens is 488 g/mol. The summed E-state index contributed by atoms with van der Waals surface area (Å²) in [5, 5.41) is 2.66. The van der Waals surface area contributed by atoms with Gasteiger partial charge in [-0.15, -0.1) is 0 Å². The van der Waals surface area contributed by atoms with Gasteiger partial charge in [-0.2, -0.15) is 0 Å². The molecule has 3 aromatic heterocycles. The Morgan fingerprint density at radius 3 is 2.28 bits per heavy atom. The van der Waals surface area contributed by atoms with Crippen LogP contribution in [-0.4, -0.2) is 20.8 Å². The fraction of sp³-hybridized carbons (Fsp3) is 0.0938. The number of nitrogens with zero attached hydrogens (tertiary/aromatic N) is 3. The third-order valence-electron chi connectivity index (χ3n) is 6.46. The SMILES string of the molecule is O=CNc1ccc(COc2c(Cc3ccco3)nc3c(Cc4ccccc4)nc(-c4ccccc4)cn23)cc1. The van der Waals surface area contributed by atoms with Crippen LogP contribution in [0.2, 0.25) is 0 Å². The molecule has 0 aliphatic carbocycles. The number of carbonyl (C=O) groups is 1. The summed E-state index contributed by atoms with van der Waals surface area (Å²) in [6, 6.07) is 31.8. The van der Waals surface area contributed by atoms with Crippen LogP contribution < -0.4 is 10.1 Å². The predicted molar refractivity (Wildman–Crippen MR) is 150 cm³/mol. The molecule has 0 radical (unpaired) electrons. The number of ether oxygens (including phenoxy) is 1. The van der Waals surface area contributed by atoms with Gasteiger partial charge < -0.3 is 14.5 Å². The number of hydrogen-bond acceptors (Lipinski definition) is 5. The van der Waals surface area contributed by atoms with Gasteiger partial charge in [0.15, 0.2) is 5.65 Å². The lowest BCUT2D eigenvalue weighted by molar-refractivity contribution is -0.105. The second-order valence-corrected chi connectivity index (χ2v) is 9.16. The van der Waals surface area contributed by atoms with Gasteiger partial charge in [0.1, 0.15) is 18.1 Å². The van der Waals surface area contributed by atoms with E-state index >= 15 is 0 Å². The van der Waals surface area contributed by atoms with Gasteiger partial charge in [0.05, 0.1) is 24.1 Å². The van der Waals surface area contributed by atoms with Crippen LogP contribution in [0, 0.1) is 0 Å². The minimum atomic E-state index is 0.331. The van der Waals surface area contributed by atoms with Crippen molar-refractivity contribution in [3.05, 3.63) is 138 Å². The number of rotatable bonds is 10. The Balaban J connectivity index is 1.45. The molecule has 3 heterocycles. The Labute approximate surface area is 225 Å². The molecular formula is C32H26N4O3. The highest BCUT2D eigenvalue weighted by molar-refractivity contribution is 5.71. The molecule has 0 saturated heterocycles. The third kappa shape index (κ3) is 5.43. The van der Waals surface area contributed by atoms with Crippen molar-refractivity contribution in [3.8, 4) is 17.1 Å². The fourth-order valence-corrected chi connectivity index (χ4v) is 4.55. The van der Waals surface area contributed by atoms with Crippen LogP contribution >= 0.6 is 0 Å². The predicted octanol–water partition coefficient (Wildman–Crippen LogP) is 6.32. The highest BCUT2D eigenvalue weighted by atomic mass is 16.5. The van der Waals surface area contributed by atoms with E-state index in [1.165, 1.54) is 0 Å². The van der Waals surface area contributed by atoms with Gasteiger partial charge in [-0.1, -0.05) is 72.8 Å². The lowest BCUT2D eigenvalue weighted by Crippen LogP contribution is -2.04. The number of benzene rings is 3. The fourth-order valence-electron chi connectivity index (χ4n) is 4.55. The molecule has 0 atom stereocenters. The maximum Gasteiger partial charge on any atom is 0.222 e. The molecule has 0 aliphatic heterocycles. The van der Waals surface area contributed by atoms with Crippen LogP contribution in [0.25, 0.3) is 16.9 Å². The molecule has 1 amide bonds. The smallest absolute Gasteiger partial charge is 0.222 e. The van der Waals surface area contributed by atoms with E-state index in [2.05, 4.69) is 29.6 Å². The average molecular weight is 515 g/mol. The number of amides is 1. The van der Waals surface area contributed by atoms with Crippen LogP contribution in [-0.2, 0) is 24.2 Å². The number of aromatic nitrogens is 3. The number of hydrogen-bond donors (Lipinski definition) is 1. The van der Waals surface area contributed by atoms with Crippen molar-refractivity contribution in [3.63, 3.8) is 0 Å². The van der Waals surface area contributed by atoms with Gasteiger partial charge >= 0.3 is 0 Å². The summed E-state index contributed by atoms with van der Waals surface area (Å²) in [6.07, 6.45) is 5.43. The molecule has 7 nitrogen and oxygen atoms in total. The normalized spacial score (nSPS) is 11.0. The second-order valence-electron chi connectivity index (χ2n) is 9.16. The van der Waals surface area contributed by atoms with Gasteiger partial charge in [-0.3, -0.25) is 9.20 Å². The maximum absolute atomic E-state index is 10.7. The monoisotopic (exact) mass is 514 g/mol. The second kappa shape index (κ2) is 11.1. The maximum atomic E-state index is 10.7. The standard InChI is InChI=1S/C32H26N4O3/c37-22-33-26-15-13-24(14-16-26)21-39-32-29(19-27-12-7-17-38-27)35-31-28(18-23-8-3-1-4-9-23)34-30(20-36(31)32)25-10-5-2-6-11-25/h1-17,20,22H,18-19,21H2,(H,33,37). The zero-order valence-electron chi connectivity index (χ0n) is 21.2. The minimum Gasteiger partial charge on any atom is -0.472 e. The van der Waals surface area contributed by atoms with Gasteiger partial charge in [0.25, 0.3) is 0 Å². The van der Waals surface area contributed by atoms with Gasteiger partial charge in [0, 0.05) is 23.9 Å². The number of anilines is 1. The molecule has 192 valence electrons. The summed E-state index contributed by atoms with van der Waals surface area (Å²) in [5.41, 5.74) is 7.08. The minimum absolute atomic E-state index is 0.331. The van der Waals surface area contributed by atoms with Crippen LogP contribution in [0.15, 0.2) is 114 Å². The van der Waals surface area contributed by atoms with Crippen molar-refractivity contribution < 1.29 is 13.9 Å². The summed E-state index contributed by atoms with van der Waals surface area (Å²) < 4.78 is 14.1. The number of nitrogens with one attached hydrogen (secondary N) is 1. The highest BCUT2D eigenvalue weighted by Gasteiger charge is 2.20. The summed E-state index contributed by atoms with van der Waals surface area (Å²) >= 11 is 0.